The van der Waals surface area contributed by atoms with Crippen LogP contribution in [0.4, 0.5) is 5.69 Å². The van der Waals surface area contributed by atoms with E-state index in [-0.39, 0.29) is 0 Å². The van der Waals surface area contributed by atoms with Gasteiger partial charge in [-0.2, -0.15) is 5.26 Å². The highest BCUT2D eigenvalue weighted by Gasteiger charge is 2.35. The Morgan fingerprint density at radius 2 is 2.11 bits per heavy atom. The van der Waals surface area contributed by atoms with Gasteiger partial charge in [-0.1, -0.05) is 19.9 Å². The molecule has 0 aliphatic carbocycles. The molecule has 0 N–H and O–H groups in total. The first-order valence-corrected chi connectivity index (χ1v) is 8.24. The van der Waals surface area contributed by atoms with E-state index >= 15 is 0 Å². The molecule has 1 aliphatic heterocycles. The summed E-state index contributed by atoms with van der Waals surface area (Å²) >= 11 is 1.66. The van der Waals surface area contributed by atoms with E-state index in [0.717, 1.165) is 29.2 Å². The van der Waals surface area contributed by atoms with Crippen molar-refractivity contribution in [3.8, 4) is 6.07 Å². The van der Waals surface area contributed by atoms with Gasteiger partial charge in [-0.3, -0.25) is 0 Å². The van der Waals surface area contributed by atoms with Crippen molar-refractivity contribution < 1.29 is 0 Å². The molecule has 1 heterocycles. The van der Waals surface area contributed by atoms with Crippen molar-refractivity contribution in [2.24, 2.45) is 5.41 Å². The Morgan fingerprint density at radius 1 is 1.37 bits per heavy atom. The van der Waals surface area contributed by atoms with Crippen molar-refractivity contribution in [2.75, 3.05) is 24.2 Å². The standard InChI is InChI=1S/C16H22N2S/c1-4-16(5-2)9-10-18(12-16)14-7-6-8-15(19-3)13(14)11-17/h6-8H,4-5,9-10,12H2,1-3H3. The Morgan fingerprint density at radius 3 is 2.63 bits per heavy atom. The van der Waals surface area contributed by atoms with Crippen LogP contribution >= 0.6 is 11.8 Å². The third-order valence-corrected chi connectivity index (χ3v) is 5.39. The van der Waals surface area contributed by atoms with Gasteiger partial charge in [0.05, 0.1) is 11.3 Å². The first-order valence-electron chi connectivity index (χ1n) is 7.01. The Hall–Kier alpha value is -1.14. The molecule has 0 unspecified atom stereocenters. The maximum Gasteiger partial charge on any atom is 0.103 e. The van der Waals surface area contributed by atoms with E-state index < -0.39 is 0 Å². The zero-order valence-electron chi connectivity index (χ0n) is 12.1. The summed E-state index contributed by atoms with van der Waals surface area (Å²) in [4.78, 5) is 3.50. The molecule has 2 rings (SSSR count). The minimum absolute atomic E-state index is 0.447. The lowest BCUT2D eigenvalue weighted by Gasteiger charge is -2.27. The van der Waals surface area contributed by atoms with E-state index in [2.05, 4.69) is 36.9 Å². The van der Waals surface area contributed by atoms with Crippen LogP contribution in [-0.4, -0.2) is 19.3 Å². The molecular formula is C16H22N2S. The van der Waals surface area contributed by atoms with Crippen LogP contribution < -0.4 is 4.90 Å². The molecule has 0 saturated carbocycles. The van der Waals surface area contributed by atoms with Crippen LogP contribution in [0.25, 0.3) is 0 Å². The van der Waals surface area contributed by atoms with Crippen molar-refractivity contribution in [1.82, 2.24) is 0 Å². The molecule has 1 saturated heterocycles. The zero-order valence-corrected chi connectivity index (χ0v) is 12.9. The lowest BCUT2D eigenvalue weighted by atomic mass is 9.82. The number of thioether (sulfide) groups is 1. The fraction of sp³-hybridized carbons (Fsp3) is 0.562. The van der Waals surface area contributed by atoms with E-state index in [1.54, 1.807) is 11.8 Å². The molecule has 1 aromatic carbocycles. The van der Waals surface area contributed by atoms with Gasteiger partial charge in [-0.15, -0.1) is 11.8 Å². The number of benzene rings is 1. The molecule has 1 fully saturated rings. The van der Waals surface area contributed by atoms with Crippen molar-refractivity contribution in [2.45, 2.75) is 38.0 Å². The zero-order chi connectivity index (χ0) is 13.9. The summed E-state index contributed by atoms with van der Waals surface area (Å²) in [5, 5.41) is 9.45. The quantitative estimate of drug-likeness (QED) is 0.766. The summed E-state index contributed by atoms with van der Waals surface area (Å²) in [6.45, 7) is 6.74. The molecule has 0 aromatic heterocycles. The monoisotopic (exact) mass is 274 g/mol. The lowest BCUT2D eigenvalue weighted by molar-refractivity contribution is 0.301. The molecule has 1 aromatic rings. The Balaban J connectivity index is 2.32. The molecule has 2 nitrogen and oxygen atoms in total. The van der Waals surface area contributed by atoms with Gasteiger partial charge >= 0.3 is 0 Å². The summed E-state index contributed by atoms with van der Waals surface area (Å²) in [5.41, 5.74) is 2.42. The predicted octanol–water partition coefficient (Wildman–Crippen LogP) is 4.30. The van der Waals surface area contributed by atoms with Crippen molar-refractivity contribution >= 4 is 17.4 Å². The summed E-state index contributed by atoms with van der Waals surface area (Å²) < 4.78 is 0. The first-order chi connectivity index (χ1) is 9.19. The molecule has 0 spiro atoms. The topological polar surface area (TPSA) is 27.0 Å². The molecule has 19 heavy (non-hydrogen) atoms. The second-order valence-electron chi connectivity index (χ2n) is 5.34. The average molecular weight is 274 g/mol. The highest BCUT2D eigenvalue weighted by molar-refractivity contribution is 7.98. The molecule has 1 aliphatic rings. The van der Waals surface area contributed by atoms with Gasteiger partial charge in [0.25, 0.3) is 0 Å². The number of hydrogen-bond donors (Lipinski definition) is 0. The number of rotatable bonds is 4. The van der Waals surface area contributed by atoms with E-state index in [1.807, 2.05) is 12.3 Å². The van der Waals surface area contributed by atoms with Gasteiger partial charge in [-0.25, -0.2) is 0 Å². The number of hydrogen-bond acceptors (Lipinski definition) is 3. The maximum absolute atomic E-state index is 9.45. The van der Waals surface area contributed by atoms with Crippen LogP contribution in [0.2, 0.25) is 0 Å². The van der Waals surface area contributed by atoms with Crippen LogP contribution in [-0.2, 0) is 0 Å². The Labute approximate surface area is 120 Å². The molecular weight excluding hydrogens is 252 g/mol. The highest BCUT2D eigenvalue weighted by Crippen LogP contribution is 2.40. The minimum Gasteiger partial charge on any atom is -0.370 e. The van der Waals surface area contributed by atoms with Crippen LogP contribution in [0.15, 0.2) is 23.1 Å². The largest absolute Gasteiger partial charge is 0.370 e. The van der Waals surface area contributed by atoms with E-state index in [1.165, 1.54) is 19.3 Å². The van der Waals surface area contributed by atoms with Gasteiger partial charge in [0.2, 0.25) is 0 Å². The lowest BCUT2D eigenvalue weighted by Crippen LogP contribution is -2.26. The fourth-order valence-corrected chi connectivity index (χ4v) is 3.60. The van der Waals surface area contributed by atoms with Crippen molar-refractivity contribution in [3.05, 3.63) is 23.8 Å². The smallest absolute Gasteiger partial charge is 0.103 e. The summed E-state index contributed by atoms with van der Waals surface area (Å²) in [6.07, 6.45) is 5.73. The van der Waals surface area contributed by atoms with E-state index in [4.69, 9.17) is 0 Å². The fourth-order valence-electron chi connectivity index (χ4n) is 3.03. The molecule has 0 atom stereocenters. The first kappa shape index (κ1) is 14.3. The van der Waals surface area contributed by atoms with Crippen LogP contribution in [0.3, 0.4) is 0 Å². The van der Waals surface area contributed by atoms with Gasteiger partial charge in [0, 0.05) is 18.0 Å². The van der Waals surface area contributed by atoms with Gasteiger partial charge in [-0.05, 0) is 43.1 Å². The SMILES string of the molecule is CCC1(CC)CCN(c2cccc(SC)c2C#N)C1. The predicted molar refractivity (Wildman–Crippen MR) is 82.8 cm³/mol. The van der Waals surface area contributed by atoms with Crippen molar-refractivity contribution in [3.63, 3.8) is 0 Å². The summed E-state index contributed by atoms with van der Waals surface area (Å²) in [5.74, 6) is 0. The normalized spacial score (nSPS) is 17.5. The van der Waals surface area contributed by atoms with Gasteiger partial charge in [0.1, 0.15) is 6.07 Å². The van der Waals surface area contributed by atoms with Crippen LogP contribution in [0.1, 0.15) is 38.7 Å². The van der Waals surface area contributed by atoms with Gasteiger partial charge in [0.15, 0.2) is 0 Å². The second kappa shape index (κ2) is 5.88. The maximum atomic E-state index is 9.45. The average Bonchev–Trinajstić information content (AvgIpc) is 2.91. The molecule has 0 bridgehead atoms. The highest BCUT2D eigenvalue weighted by atomic mass is 32.2. The van der Waals surface area contributed by atoms with E-state index in [9.17, 15) is 5.26 Å². The molecule has 0 radical (unpaired) electrons. The molecule has 0 amide bonds. The van der Waals surface area contributed by atoms with Crippen LogP contribution in [0, 0.1) is 16.7 Å². The summed E-state index contributed by atoms with van der Waals surface area (Å²) in [6, 6.07) is 8.60. The summed E-state index contributed by atoms with van der Waals surface area (Å²) in [7, 11) is 0. The van der Waals surface area contributed by atoms with Gasteiger partial charge < -0.3 is 4.90 Å². The number of anilines is 1. The Bertz CT molecular complexity index is 486. The third-order valence-electron chi connectivity index (χ3n) is 4.61. The third kappa shape index (κ3) is 2.60. The molecule has 102 valence electrons. The second-order valence-corrected chi connectivity index (χ2v) is 6.19. The molecule has 3 heteroatoms. The minimum atomic E-state index is 0.447. The van der Waals surface area contributed by atoms with Crippen LogP contribution in [0.5, 0.6) is 0 Å². The van der Waals surface area contributed by atoms with E-state index in [0.29, 0.717) is 5.41 Å². The number of nitrogens with zero attached hydrogens (tertiary/aromatic N) is 2. The van der Waals surface area contributed by atoms with Crippen molar-refractivity contribution in [1.29, 1.82) is 5.26 Å². The number of nitriles is 1. The Kier molecular flexibility index (Phi) is 4.42.